The molecule has 4 aromatic heterocycles. The molecule has 1 aliphatic carbocycles. The van der Waals surface area contributed by atoms with Crippen LogP contribution in [0.1, 0.15) is 101 Å². The van der Waals surface area contributed by atoms with Crippen LogP contribution < -0.4 is 0 Å². The third-order valence-electron chi connectivity index (χ3n) is 9.24. The Hall–Kier alpha value is -4.44. The molecule has 0 amide bonds. The van der Waals surface area contributed by atoms with E-state index in [1.165, 1.54) is 42.7 Å². The summed E-state index contributed by atoms with van der Waals surface area (Å²) in [5.41, 5.74) is 3.53. The average Bonchev–Trinajstić information content (AvgIpc) is 3.62. The molecular weight excluding hydrogens is 803 g/mol. The van der Waals surface area contributed by atoms with Gasteiger partial charge in [0.05, 0.1) is 5.58 Å². The quantitative estimate of drug-likeness (QED) is 0.165. The molecule has 0 unspecified atom stereocenters. The summed E-state index contributed by atoms with van der Waals surface area (Å²) in [6.07, 6.45) is 5.40. The summed E-state index contributed by atoms with van der Waals surface area (Å²) in [5.74, 6) is -0.941. The fourth-order valence-electron chi connectivity index (χ4n) is 6.28. The summed E-state index contributed by atoms with van der Waals surface area (Å²) in [6.45, 7) is -7.62. The maximum absolute atomic E-state index is 9.24. The minimum atomic E-state index is -2.61. The summed E-state index contributed by atoms with van der Waals surface area (Å²) >= 11 is 0. The van der Waals surface area contributed by atoms with Gasteiger partial charge in [0, 0.05) is 65.5 Å². The standard InChI is InChI=1S/C33H33N2O.C13H12N.Ir/c1-20-17-24(23-13-15-33(4,5)16-14-23)10-12-25(20)29-18-30(34-19-21(29)2)28-8-6-7-26-27-11-9-22(3)35-32(27)36-31(26)28;1-10-3-6-12(7-4-10)13-8-5-11(2)9-14-13;/h6-7,9-12,17-19,23H,13-16H2,1-5H3;3-6,8-9H,1-2H3;/q2*-1;/i1D3,2D3,3D3,23D;1D3,2D3;. The second kappa shape index (κ2) is 15.0. The Morgan fingerprint density at radius 3 is 2.31 bits per heavy atom. The summed E-state index contributed by atoms with van der Waals surface area (Å²) in [6, 6.07) is 26.5. The predicted octanol–water partition coefficient (Wildman–Crippen LogP) is 12.3. The molecule has 4 heterocycles. The van der Waals surface area contributed by atoms with Gasteiger partial charge in [0.25, 0.3) is 0 Å². The van der Waals surface area contributed by atoms with Crippen LogP contribution in [0.3, 0.4) is 0 Å². The molecule has 0 saturated heterocycles. The molecule has 4 nitrogen and oxygen atoms in total. The van der Waals surface area contributed by atoms with Crippen molar-refractivity contribution in [1.29, 1.82) is 0 Å². The molecule has 3 aromatic carbocycles. The predicted molar refractivity (Wildman–Crippen MR) is 206 cm³/mol. The molecular formula is C46H45IrN3O-2. The molecule has 0 bridgehead atoms. The first-order chi connectivity index (χ1) is 30.4. The summed E-state index contributed by atoms with van der Waals surface area (Å²) in [5, 5.41) is 1.23. The molecule has 8 rings (SSSR count). The van der Waals surface area contributed by atoms with Crippen molar-refractivity contribution in [1.82, 2.24) is 15.0 Å². The van der Waals surface area contributed by atoms with Crippen molar-refractivity contribution in [3.8, 4) is 33.6 Å². The van der Waals surface area contributed by atoms with Crippen LogP contribution in [-0.2, 0) is 20.1 Å². The molecule has 1 saturated carbocycles. The third kappa shape index (κ3) is 7.91. The number of hydrogen-bond donors (Lipinski definition) is 0. The topological polar surface area (TPSA) is 51.8 Å². The van der Waals surface area contributed by atoms with Crippen molar-refractivity contribution in [2.45, 2.75) is 79.7 Å². The molecule has 0 N–H and O–H groups in total. The van der Waals surface area contributed by atoms with Gasteiger partial charge in [-0.15, -0.1) is 53.6 Å². The van der Waals surface area contributed by atoms with Gasteiger partial charge in [0.15, 0.2) is 0 Å². The van der Waals surface area contributed by atoms with Gasteiger partial charge >= 0.3 is 0 Å². The second-order valence-corrected chi connectivity index (χ2v) is 13.3. The molecule has 1 radical (unpaired) electrons. The Labute approximate surface area is 338 Å². The van der Waals surface area contributed by atoms with E-state index in [4.69, 9.17) is 25.0 Å². The van der Waals surface area contributed by atoms with Gasteiger partial charge in [-0.25, -0.2) is 4.98 Å². The van der Waals surface area contributed by atoms with E-state index < -0.39 is 40.2 Å². The fraction of sp³-hybridized carbons (Fsp3) is 0.283. The Balaban J connectivity index is 0.000000296. The summed E-state index contributed by atoms with van der Waals surface area (Å²) < 4.78 is 132. The minimum absolute atomic E-state index is 0. The van der Waals surface area contributed by atoms with Gasteiger partial charge in [-0.05, 0) is 121 Å². The molecule has 5 heteroatoms. The zero-order valence-electron chi connectivity index (χ0n) is 44.1. The Bertz CT molecular complexity index is 2830. The van der Waals surface area contributed by atoms with Crippen LogP contribution in [0, 0.1) is 51.8 Å². The van der Waals surface area contributed by atoms with E-state index in [2.05, 4.69) is 40.9 Å². The largest absolute Gasteiger partial charge is 0.486 e. The van der Waals surface area contributed by atoms with E-state index in [0.717, 1.165) is 12.8 Å². The van der Waals surface area contributed by atoms with Crippen molar-refractivity contribution >= 4 is 22.1 Å². The van der Waals surface area contributed by atoms with E-state index in [-0.39, 0.29) is 76.0 Å². The SMILES string of the molecule is [2H]C([2H])([2H])c1c[c-]c(-c2ccc(C([2H])([2H])[2H])cn2)cc1.[2H]C([2H])([2H])c1ccc2c(n1)oc1c(-c3cc(-c4ccc(C5([2H])CCC(C)(C)CC5)cc4C([2H])([2H])[2H])c(C([2H])([2H])[2H])cn3)[c-]ccc12.[Ir]. The van der Waals surface area contributed by atoms with Gasteiger partial charge in [-0.2, -0.15) is 0 Å². The molecule has 0 aliphatic heterocycles. The number of fused-ring (bicyclic) bond motifs is 3. The molecule has 7 aromatic rings. The van der Waals surface area contributed by atoms with E-state index >= 15 is 0 Å². The van der Waals surface area contributed by atoms with Crippen molar-refractivity contribution < 1.29 is 46.5 Å². The van der Waals surface area contributed by atoms with Crippen molar-refractivity contribution in [2.24, 2.45) is 5.41 Å². The monoisotopic (exact) mass is 864 g/mol. The van der Waals surface area contributed by atoms with Crippen molar-refractivity contribution in [3.63, 3.8) is 0 Å². The molecule has 261 valence electrons. The zero-order chi connectivity index (χ0) is 48.4. The van der Waals surface area contributed by atoms with Gasteiger partial charge < -0.3 is 14.4 Å². The zero-order valence-corrected chi connectivity index (χ0v) is 30.5. The average molecular weight is 864 g/mol. The Morgan fingerprint density at radius 1 is 0.765 bits per heavy atom. The van der Waals surface area contributed by atoms with Crippen molar-refractivity contribution in [2.75, 3.05) is 0 Å². The molecule has 0 atom stereocenters. The van der Waals surface area contributed by atoms with Crippen LogP contribution in [0.25, 0.3) is 55.7 Å². The van der Waals surface area contributed by atoms with E-state index in [0.29, 0.717) is 51.6 Å². The first-order valence-corrected chi connectivity index (χ1v) is 16.3. The molecule has 1 aliphatic rings. The van der Waals surface area contributed by atoms with Crippen LogP contribution in [-0.4, -0.2) is 15.0 Å². The van der Waals surface area contributed by atoms with E-state index in [9.17, 15) is 1.37 Å². The first-order valence-electron chi connectivity index (χ1n) is 24.3. The maximum atomic E-state index is 9.24. The van der Waals surface area contributed by atoms with Gasteiger partial charge in [0.2, 0.25) is 5.71 Å². The van der Waals surface area contributed by atoms with Gasteiger partial charge in [0.1, 0.15) is 0 Å². The number of aryl methyl sites for hydroxylation is 5. The normalized spacial score (nSPS) is 20.7. The van der Waals surface area contributed by atoms with Crippen LogP contribution in [0.2, 0.25) is 0 Å². The molecule has 1 fully saturated rings. The second-order valence-electron chi connectivity index (χ2n) is 13.3. The fourth-order valence-corrected chi connectivity index (χ4v) is 6.28. The van der Waals surface area contributed by atoms with Crippen LogP contribution >= 0.6 is 0 Å². The maximum Gasteiger partial charge on any atom is 0.216 e. The van der Waals surface area contributed by atoms with Crippen LogP contribution in [0.5, 0.6) is 0 Å². The number of nitrogens with zero attached hydrogens (tertiary/aromatic N) is 3. The smallest absolute Gasteiger partial charge is 0.216 e. The Kier molecular flexibility index (Phi) is 6.24. The molecule has 51 heavy (non-hydrogen) atoms. The number of benzene rings is 3. The first kappa shape index (κ1) is 21.2. The number of pyridine rings is 3. The van der Waals surface area contributed by atoms with E-state index in [1.54, 1.807) is 48.5 Å². The van der Waals surface area contributed by atoms with Gasteiger partial charge in [-0.3, -0.25) is 0 Å². The van der Waals surface area contributed by atoms with Crippen LogP contribution in [0.4, 0.5) is 0 Å². The third-order valence-corrected chi connectivity index (χ3v) is 9.24. The van der Waals surface area contributed by atoms with Crippen molar-refractivity contribution in [3.05, 3.63) is 137 Å². The number of rotatable bonds is 4. The van der Waals surface area contributed by atoms with Gasteiger partial charge in [-0.1, -0.05) is 68.0 Å². The van der Waals surface area contributed by atoms with Crippen LogP contribution in [0.15, 0.2) is 95.7 Å². The molecule has 0 spiro atoms. The van der Waals surface area contributed by atoms with E-state index in [1.807, 2.05) is 0 Å². The Morgan fingerprint density at radius 2 is 1.59 bits per heavy atom. The number of hydrogen-bond acceptors (Lipinski definition) is 4. The summed E-state index contributed by atoms with van der Waals surface area (Å²) in [7, 11) is 0. The minimum Gasteiger partial charge on any atom is -0.486 e. The number of aromatic nitrogens is 3. The summed E-state index contributed by atoms with van der Waals surface area (Å²) in [4.78, 5) is 12.7. The number of furan rings is 1.